The summed E-state index contributed by atoms with van der Waals surface area (Å²) in [6.07, 6.45) is 5.10. The number of ether oxygens (including phenoxy) is 1. The zero-order valence-corrected chi connectivity index (χ0v) is 13.5. The molecule has 20 heavy (non-hydrogen) atoms. The van der Waals surface area contributed by atoms with Crippen LogP contribution in [-0.2, 0) is 6.42 Å². The molecule has 1 aromatic carbocycles. The Balaban J connectivity index is 2.13. The minimum atomic E-state index is 0.159. The Hall–Kier alpha value is -1.10. The summed E-state index contributed by atoms with van der Waals surface area (Å²) >= 11 is 9.60. The Morgan fingerprint density at radius 1 is 1.35 bits per heavy atom. The molecular weight excluding hydrogens is 340 g/mol. The third-order valence-electron chi connectivity index (χ3n) is 2.93. The lowest BCUT2D eigenvalue weighted by Crippen LogP contribution is -2.21. The molecule has 0 aliphatic carbocycles. The van der Waals surface area contributed by atoms with E-state index in [1.54, 1.807) is 12.4 Å². The van der Waals surface area contributed by atoms with Crippen LogP contribution in [0.2, 0.25) is 5.02 Å². The van der Waals surface area contributed by atoms with Gasteiger partial charge in [0.2, 0.25) is 0 Å². The van der Waals surface area contributed by atoms with Crippen LogP contribution in [-0.4, -0.2) is 11.0 Å². The third kappa shape index (κ3) is 4.20. The maximum atomic E-state index is 6.25. The molecule has 3 nitrogen and oxygen atoms in total. The van der Waals surface area contributed by atoms with Gasteiger partial charge in [-0.15, -0.1) is 0 Å². The van der Waals surface area contributed by atoms with Gasteiger partial charge in [0.25, 0.3) is 0 Å². The molecule has 0 amide bonds. The number of hydrogen-bond acceptors (Lipinski definition) is 3. The van der Waals surface area contributed by atoms with Crippen LogP contribution in [0, 0.1) is 0 Å². The van der Waals surface area contributed by atoms with Gasteiger partial charge in [-0.25, -0.2) is 0 Å². The van der Waals surface area contributed by atoms with Gasteiger partial charge in [-0.1, -0.05) is 24.6 Å². The van der Waals surface area contributed by atoms with Gasteiger partial charge in [-0.3, -0.25) is 4.98 Å². The van der Waals surface area contributed by atoms with E-state index in [0.29, 0.717) is 16.5 Å². The summed E-state index contributed by atoms with van der Waals surface area (Å²) in [5.74, 6) is 1.25. The normalized spacial score (nSPS) is 12.2. The lowest BCUT2D eigenvalue weighted by molar-refractivity contribution is 0.479. The molecular formula is C15H16BrClN2O. The summed E-state index contributed by atoms with van der Waals surface area (Å²) in [4.78, 5) is 4.05. The van der Waals surface area contributed by atoms with Crippen molar-refractivity contribution in [3.8, 4) is 11.5 Å². The van der Waals surface area contributed by atoms with Crippen molar-refractivity contribution in [2.75, 3.05) is 0 Å². The van der Waals surface area contributed by atoms with Crippen molar-refractivity contribution in [2.45, 2.75) is 25.8 Å². The second-order valence-corrected chi connectivity index (χ2v) is 5.90. The standard InChI is InChI=1S/C15H16BrClN2O/c1-2-12(18)5-10-3-4-15(14(17)6-10)20-13-7-11(16)8-19-9-13/h3-4,6-9,12H,2,5,18H2,1H3. The molecule has 2 rings (SSSR count). The zero-order chi connectivity index (χ0) is 14.5. The highest BCUT2D eigenvalue weighted by Gasteiger charge is 2.07. The van der Waals surface area contributed by atoms with Crippen molar-refractivity contribution in [2.24, 2.45) is 5.73 Å². The minimum Gasteiger partial charge on any atom is -0.454 e. The maximum absolute atomic E-state index is 6.25. The molecule has 0 spiro atoms. The molecule has 1 heterocycles. The molecule has 1 aromatic heterocycles. The van der Waals surface area contributed by atoms with E-state index in [4.69, 9.17) is 22.1 Å². The number of nitrogens with zero attached hydrogens (tertiary/aromatic N) is 1. The van der Waals surface area contributed by atoms with E-state index in [2.05, 4.69) is 27.8 Å². The SMILES string of the molecule is CCC(N)Cc1ccc(Oc2cncc(Br)c2)c(Cl)c1. The highest BCUT2D eigenvalue weighted by atomic mass is 79.9. The van der Waals surface area contributed by atoms with E-state index in [9.17, 15) is 0 Å². The van der Waals surface area contributed by atoms with E-state index in [0.717, 1.165) is 22.9 Å². The van der Waals surface area contributed by atoms with Crippen molar-refractivity contribution < 1.29 is 4.74 Å². The van der Waals surface area contributed by atoms with Gasteiger partial charge in [-0.2, -0.15) is 0 Å². The average molecular weight is 356 g/mol. The topological polar surface area (TPSA) is 48.1 Å². The Labute approximate surface area is 132 Å². The Kier molecular flexibility index (Phi) is 5.40. The Morgan fingerprint density at radius 3 is 2.80 bits per heavy atom. The summed E-state index contributed by atoms with van der Waals surface area (Å²) < 4.78 is 6.58. The number of nitrogens with two attached hydrogens (primary N) is 1. The van der Waals surface area contributed by atoms with E-state index in [-0.39, 0.29) is 6.04 Å². The first-order valence-corrected chi connectivity index (χ1v) is 7.58. The smallest absolute Gasteiger partial charge is 0.146 e. The first-order chi connectivity index (χ1) is 9.58. The molecule has 1 atom stereocenters. The molecule has 0 radical (unpaired) electrons. The van der Waals surface area contributed by atoms with E-state index < -0.39 is 0 Å². The fourth-order valence-electron chi connectivity index (χ4n) is 1.78. The molecule has 5 heteroatoms. The van der Waals surface area contributed by atoms with Gasteiger partial charge in [0.1, 0.15) is 11.5 Å². The number of benzene rings is 1. The number of halogens is 2. The van der Waals surface area contributed by atoms with Crippen LogP contribution in [0.4, 0.5) is 0 Å². The summed E-state index contributed by atoms with van der Waals surface area (Å²) in [5.41, 5.74) is 7.06. The van der Waals surface area contributed by atoms with Gasteiger partial charge in [0, 0.05) is 16.7 Å². The summed E-state index contributed by atoms with van der Waals surface area (Å²) in [6, 6.07) is 7.75. The maximum Gasteiger partial charge on any atom is 0.146 e. The molecule has 0 saturated heterocycles. The van der Waals surface area contributed by atoms with Crippen molar-refractivity contribution >= 4 is 27.5 Å². The summed E-state index contributed by atoms with van der Waals surface area (Å²) in [6.45, 7) is 2.07. The Bertz CT molecular complexity index is 592. The predicted octanol–water partition coefficient (Wildman–Crippen LogP) is 4.57. The number of pyridine rings is 1. The third-order valence-corrected chi connectivity index (χ3v) is 3.66. The monoisotopic (exact) mass is 354 g/mol. The van der Waals surface area contributed by atoms with E-state index >= 15 is 0 Å². The van der Waals surface area contributed by atoms with Gasteiger partial charge in [0.05, 0.1) is 11.2 Å². The predicted molar refractivity (Wildman–Crippen MR) is 85.4 cm³/mol. The van der Waals surface area contributed by atoms with Gasteiger partial charge in [-0.05, 0) is 52.5 Å². The second-order valence-electron chi connectivity index (χ2n) is 4.58. The van der Waals surface area contributed by atoms with Crippen molar-refractivity contribution in [3.63, 3.8) is 0 Å². The molecule has 0 aliphatic rings. The lowest BCUT2D eigenvalue weighted by atomic mass is 10.0. The average Bonchev–Trinajstić information content (AvgIpc) is 2.42. The fourth-order valence-corrected chi connectivity index (χ4v) is 2.36. The van der Waals surface area contributed by atoms with Crippen LogP contribution in [0.3, 0.4) is 0 Å². The fraction of sp³-hybridized carbons (Fsp3) is 0.267. The molecule has 0 bridgehead atoms. The highest BCUT2D eigenvalue weighted by Crippen LogP contribution is 2.31. The van der Waals surface area contributed by atoms with Crippen LogP contribution < -0.4 is 10.5 Å². The van der Waals surface area contributed by atoms with Crippen LogP contribution >= 0.6 is 27.5 Å². The largest absolute Gasteiger partial charge is 0.454 e. The second kappa shape index (κ2) is 7.07. The number of hydrogen-bond donors (Lipinski definition) is 1. The highest BCUT2D eigenvalue weighted by molar-refractivity contribution is 9.10. The molecule has 106 valence electrons. The van der Waals surface area contributed by atoms with Crippen LogP contribution in [0.25, 0.3) is 0 Å². The van der Waals surface area contributed by atoms with Gasteiger partial charge in [0.15, 0.2) is 0 Å². The minimum absolute atomic E-state index is 0.159. The van der Waals surface area contributed by atoms with Crippen LogP contribution in [0.1, 0.15) is 18.9 Å². The molecule has 0 aliphatic heterocycles. The summed E-state index contributed by atoms with van der Waals surface area (Å²) in [5, 5.41) is 0.575. The molecule has 2 aromatic rings. The summed E-state index contributed by atoms with van der Waals surface area (Å²) in [7, 11) is 0. The lowest BCUT2D eigenvalue weighted by Gasteiger charge is -2.11. The van der Waals surface area contributed by atoms with Crippen LogP contribution in [0.5, 0.6) is 11.5 Å². The van der Waals surface area contributed by atoms with E-state index in [1.165, 1.54) is 0 Å². The molecule has 1 unspecified atom stereocenters. The molecule has 0 fully saturated rings. The van der Waals surface area contributed by atoms with Gasteiger partial charge < -0.3 is 10.5 Å². The van der Waals surface area contributed by atoms with Crippen LogP contribution in [0.15, 0.2) is 41.1 Å². The van der Waals surface area contributed by atoms with E-state index in [1.807, 2.05) is 24.3 Å². The van der Waals surface area contributed by atoms with Crippen molar-refractivity contribution in [1.29, 1.82) is 0 Å². The van der Waals surface area contributed by atoms with Crippen molar-refractivity contribution in [3.05, 3.63) is 51.7 Å². The molecule has 2 N–H and O–H groups in total. The number of rotatable bonds is 5. The Morgan fingerprint density at radius 2 is 2.15 bits per heavy atom. The van der Waals surface area contributed by atoms with Gasteiger partial charge >= 0.3 is 0 Å². The van der Waals surface area contributed by atoms with Crippen molar-refractivity contribution in [1.82, 2.24) is 4.98 Å². The first kappa shape index (κ1) is 15.3. The zero-order valence-electron chi connectivity index (χ0n) is 11.1. The first-order valence-electron chi connectivity index (χ1n) is 6.41. The molecule has 0 saturated carbocycles. The quantitative estimate of drug-likeness (QED) is 0.854. The number of aromatic nitrogens is 1.